The molecule has 0 atom stereocenters. The van der Waals surface area contributed by atoms with Gasteiger partial charge in [-0.3, -0.25) is 0 Å². The van der Waals surface area contributed by atoms with Crippen LogP contribution in [-0.2, 0) is 0 Å². The molecule has 0 N–H and O–H groups in total. The highest BCUT2D eigenvalue weighted by atomic mass is 19.1. The van der Waals surface area contributed by atoms with Gasteiger partial charge in [0.05, 0.1) is 5.69 Å². The summed E-state index contributed by atoms with van der Waals surface area (Å²) >= 11 is 0. The molecule has 1 rings (SSSR count). The van der Waals surface area contributed by atoms with Crippen LogP contribution in [0.2, 0.25) is 0 Å². The van der Waals surface area contributed by atoms with Gasteiger partial charge >= 0.3 is 0 Å². The van der Waals surface area contributed by atoms with Crippen molar-refractivity contribution in [1.29, 1.82) is 0 Å². The molecule has 0 saturated heterocycles. The number of hydrogen-bond acceptors (Lipinski definition) is 1. The first-order valence-electron chi connectivity index (χ1n) is 5.70. The fraction of sp³-hybridized carbons (Fsp3) is 0.538. The van der Waals surface area contributed by atoms with Gasteiger partial charge in [0.25, 0.3) is 0 Å². The first kappa shape index (κ1) is 12.0. The molecule has 0 aliphatic rings. The van der Waals surface area contributed by atoms with E-state index in [2.05, 4.69) is 18.7 Å². The van der Waals surface area contributed by atoms with E-state index < -0.39 is 0 Å². The summed E-state index contributed by atoms with van der Waals surface area (Å²) in [6.07, 6.45) is 2.10. The molecule has 0 heterocycles. The molecule has 0 aliphatic carbocycles. The fourth-order valence-corrected chi connectivity index (χ4v) is 1.76. The lowest BCUT2D eigenvalue weighted by atomic mass is 10.2. The lowest BCUT2D eigenvalue weighted by Crippen LogP contribution is -2.25. The van der Waals surface area contributed by atoms with Crippen molar-refractivity contribution in [2.75, 3.05) is 18.0 Å². The number of rotatable bonds is 5. The molecule has 84 valence electrons. The number of hydrogen-bond donors (Lipinski definition) is 0. The highest BCUT2D eigenvalue weighted by Crippen LogP contribution is 2.21. The van der Waals surface area contributed by atoms with Crippen molar-refractivity contribution in [2.45, 2.75) is 33.6 Å². The van der Waals surface area contributed by atoms with Gasteiger partial charge in [0.1, 0.15) is 5.82 Å². The van der Waals surface area contributed by atoms with Crippen molar-refractivity contribution >= 4 is 5.69 Å². The van der Waals surface area contributed by atoms with Crippen molar-refractivity contribution in [3.8, 4) is 0 Å². The van der Waals surface area contributed by atoms with Crippen LogP contribution in [0, 0.1) is 12.7 Å². The van der Waals surface area contributed by atoms with Crippen LogP contribution in [-0.4, -0.2) is 13.1 Å². The Hall–Kier alpha value is -1.05. The predicted molar refractivity (Wildman–Crippen MR) is 63.9 cm³/mol. The van der Waals surface area contributed by atoms with Crippen LogP contribution in [0.1, 0.15) is 32.3 Å². The first-order valence-corrected chi connectivity index (χ1v) is 5.70. The maximum atomic E-state index is 13.6. The summed E-state index contributed by atoms with van der Waals surface area (Å²) in [5.41, 5.74) is 1.86. The maximum Gasteiger partial charge on any atom is 0.146 e. The van der Waals surface area contributed by atoms with Crippen molar-refractivity contribution in [1.82, 2.24) is 0 Å². The number of aryl methyl sites for hydroxylation is 1. The average Bonchev–Trinajstić information content (AvgIpc) is 2.21. The van der Waals surface area contributed by atoms with Crippen molar-refractivity contribution in [3.05, 3.63) is 29.6 Å². The molecule has 0 spiro atoms. The van der Waals surface area contributed by atoms with Gasteiger partial charge in [-0.25, -0.2) is 4.39 Å². The van der Waals surface area contributed by atoms with Crippen LogP contribution < -0.4 is 4.90 Å². The van der Waals surface area contributed by atoms with E-state index in [-0.39, 0.29) is 5.82 Å². The third-order valence-electron chi connectivity index (χ3n) is 2.43. The maximum absolute atomic E-state index is 13.6. The number of halogens is 1. The van der Waals surface area contributed by atoms with E-state index in [9.17, 15) is 4.39 Å². The minimum absolute atomic E-state index is 0.109. The highest BCUT2D eigenvalue weighted by molar-refractivity contribution is 5.49. The second-order valence-corrected chi connectivity index (χ2v) is 3.94. The Morgan fingerprint density at radius 1 is 1.13 bits per heavy atom. The topological polar surface area (TPSA) is 3.24 Å². The van der Waals surface area contributed by atoms with E-state index in [1.54, 1.807) is 6.07 Å². The van der Waals surface area contributed by atoms with Gasteiger partial charge in [-0.1, -0.05) is 19.9 Å². The third-order valence-corrected chi connectivity index (χ3v) is 2.43. The molecule has 0 saturated carbocycles. The molecule has 0 amide bonds. The van der Waals surface area contributed by atoms with Gasteiger partial charge in [-0.15, -0.1) is 0 Å². The van der Waals surface area contributed by atoms with Crippen LogP contribution in [0.15, 0.2) is 18.2 Å². The predicted octanol–water partition coefficient (Wildman–Crippen LogP) is 3.76. The zero-order valence-corrected chi connectivity index (χ0v) is 9.89. The van der Waals surface area contributed by atoms with Crippen LogP contribution in [0.4, 0.5) is 10.1 Å². The van der Waals surface area contributed by atoms with Gasteiger partial charge in [0.2, 0.25) is 0 Å². The average molecular weight is 209 g/mol. The third kappa shape index (κ3) is 3.22. The Kier molecular flexibility index (Phi) is 4.60. The quantitative estimate of drug-likeness (QED) is 0.713. The van der Waals surface area contributed by atoms with E-state index in [0.717, 1.165) is 37.2 Å². The minimum atomic E-state index is -0.109. The smallest absolute Gasteiger partial charge is 0.146 e. The molecule has 1 aromatic carbocycles. The standard InChI is InChI=1S/C13H20FN/c1-4-8-15(9-5-2)13-10-11(3)6-7-12(13)14/h6-7,10H,4-5,8-9H2,1-3H3. The van der Waals surface area contributed by atoms with E-state index in [0.29, 0.717) is 0 Å². The largest absolute Gasteiger partial charge is 0.369 e. The zero-order valence-electron chi connectivity index (χ0n) is 9.89. The summed E-state index contributed by atoms with van der Waals surface area (Å²) in [6, 6.07) is 5.30. The molecule has 1 aromatic rings. The Balaban J connectivity index is 2.93. The first-order chi connectivity index (χ1) is 7.19. The molecule has 0 aromatic heterocycles. The summed E-state index contributed by atoms with van der Waals surface area (Å²) in [7, 11) is 0. The van der Waals surface area contributed by atoms with E-state index in [1.807, 2.05) is 19.1 Å². The normalized spacial score (nSPS) is 10.4. The number of benzene rings is 1. The second-order valence-electron chi connectivity index (χ2n) is 3.94. The molecule has 0 radical (unpaired) electrons. The second kappa shape index (κ2) is 5.74. The van der Waals surface area contributed by atoms with Crippen LogP contribution in [0.5, 0.6) is 0 Å². The summed E-state index contributed by atoms with van der Waals surface area (Å²) in [4.78, 5) is 2.13. The van der Waals surface area contributed by atoms with Crippen molar-refractivity contribution in [3.63, 3.8) is 0 Å². The lowest BCUT2D eigenvalue weighted by molar-refractivity contribution is 0.613. The Labute approximate surface area is 91.9 Å². The molecule has 1 nitrogen and oxygen atoms in total. The van der Waals surface area contributed by atoms with Crippen molar-refractivity contribution in [2.24, 2.45) is 0 Å². The van der Waals surface area contributed by atoms with E-state index in [4.69, 9.17) is 0 Å². The fourth-order valence-electron chi connectivity index (χ4n) is 1.76. The van der Waals surface area contributed by atoms with E-state index >= 15 is 0 Å². The number of nitrogens with zero attached hydrogens (tertiary/aromatic N) is 1. The molecular formula is C13H20FN. The summed E-state index contributed by atoms with van der Waals surface area (Å²) < 4.78 is 13.6. The van der Waals surface area contributed by atoms with Gasteiger partial charge < -0.3 is 4.90 Å². The molecule has 2 heteroatoms. The lowest BCUT2D eigenvalue weighted by Gasteiger charge is -2.24. The van der Waals surface area contributed by atoms with Gasteiger partial charge in [-0.2, -0.15) is 0 Å². The molecule has 0 fully saturated rings. The molecule has 0 unspecified atom stereocenters. The van der Waals surface area contributed by atoms with Crippen LogP contribution in [0.3, 0.4) is 0 Å². The van der Waals surface area contributed by atoms with Crippen molar-refractivity contribution < 1.29 is 4.39 Å². The Morgan fingerprint density at radius 3 is 2.27 bits per heavy atom. The number of anilines is 1. The Bertz CT molecular complexity index is 303. The van der Waals surface area contributed by atoms with Gasteiger partial charge in [0, 0.05) is 13.1 Å². The van der Waals surface area contributed by atoms with Crippen LogP contribution >= 0.6 is 0 Å². The summed E-state index contributed by atoms with van der Waals surface area (Å²) in [5.74, 6) is -0.109. The highest BCUT2D eigenvalue weighted by Gasteiger charge is 2.09. The summed E-state index contributed by atoms with van der Waals surface area (Å²) in [5, 5.41) is 0. The Morgan fingerprint density at radius 2 is 1.73 bits per heavy atom. The monoisotopic (exact) mass is 209 g/mol. The molecular weight excluding hydrogens is 189 g/mol. The molecule has 15 heavy (non-hydrogen) atoms. The van der Waals surface area contributed by atoms with Gasteiger partial charge in [-0.05, 0) is 37.5 Å². The zero-order chi connectivity index (χ0) is 11.3. The minimum Gasteiger partial charge on any atom is -0.369 e. The van der Waals surface area contributed by atoms with Crippen LogP contribution in [0.25, 0.3) is 0 Å². The molecule has 0 bridgehead atoms. The SMILES string of the molecule is CCCN(CCC)c1cc(C)ccc1F. The van der Waals surface area contributed by atoms with E-state index in [1.165, 1.54) is 0 Å². The summed E-state index contributed by atoms with van der Waals surface area (Å²) in [6.45, 7) is 8.09. The molecule has 0 aliphatic heterocycles. The van der Waals surface area contributed by atoms with Gasteiger partial charge in [0.15, 0.2) is 0 Å².